The maximum absolute atomic E-state index is 9.82. The SMILES string of the molecule is CCCNc1nc(-c2ccc(OC)c(O)c2)ncc1I. The van der Waals surface area contributed by atoms with E-state index in [1.165, 1.54) is 7.11 Å². The standard InChI is InChI=1S/C14H16IN3O2/c1-3-6-16-14-10(15)8-17-13(18-14)9-4-5-12(20-2)11(19)7-9/h4-5,7-8,19H,3,6H2,1-2H3,(H,16,17,18). The summed E-state index contributed by atoms with van der Waals surface area (Å²) in [7, 11) is 1.52. The van der Waals surface area contributed by atoms with Crippen molar-refractivity contribution in [3.8, 4) is 22.9 Å². The summed E-state index contributed by atoms with van der Waals surface area (Å²) in [5.41, 5.74) is 0.749. The molecule has 2 aromatic rings. The van der Waals surface area contributed by atoms with E-state index in [4.69, 9.17) is 4.74 Å². The molecule has 0 fully saturated rings. The lowest BCUT2D eigenvalue weighted by Crippen LogP contribution is -2.05. The molecule has 0 unspecified atom stereocenters. The summed E-state index contributed by atoms with van der Waals surface area (Å²) in [6.07, 6.45) is 2.79. The number of benzene rings is 1. The van der Waals surface area contributed by atoms with Crippen molar-refractivity contribution >= 4 is 28.4 Å². The molecule has 2 rings (SSSR count). The fourth-order valence-corrected chi connectivity index (χ4v) is 2.15. The Morgan fingerprint density at radius 3 is 2.85 bits per heavy atom. The molecule has 20 heavy (non-hydrogen) atoms. The second-order valence-corrected chi connectivity index (χ2v) is 5.37. The smallest absolute Gasteiger partial charge is 0.161 e. The van der Waals surface area contributed by atoms with Gasteiger partial charge in [0.05, 0.1) is 10.7 Å². The molecule has 0 radical (unpaired) electrons. The highest BCUT2D eigenvalue weighted by atomic mass is 127. The number of aromatic nitrogens is 2. The lowest BCUT2D eigenvalue weighted by molar-refractivity contribution is 0.373. The first kappa shape index (κ1) is 14.8. The van der Waals surface area contributed by atoms with Crippen LogP contribution in [-0.2, 0) is 0 Å². The predicted molar refractivity (Wildman–Crippen MR) is 87.2 cm³/mol. The number of hydrogen-bond donors (Lipinski definition) is 2. The van der Waals surface area contributed by atoms with Crippen molar-refractivity contribution in [1.29, 1.82) is 0 Å². The third kappa shape index (κ3) is 3.30. The van der Waals surface area contributed by atoms with Gasteiger partial charge in [-0.1, -0.05) is 6.92 Å². The minimum Gasteiger partial charge on any atom is -0.504 e. The molecule has 2 N–H and O–H groups in total. The fraction of sp³-hybridized carbons (Fsp3) is 0.286. The normalized spacial score (nSPS) is 10.3. The Morgan fingerprint density at radius 2 is 2.20 bits per heavy atom. The molecule has 1 aromatic heterocycles. The number of aromatic hydroxyl groups is 1. The first-order chi connectivity index (χ1) is 9.65. The van der Waals surface area contributed by atoms with E-state index in [2.05, 4.69) is 44.8 Å². The van der Waals surface area contributed by atoms with Crippen molar-refractivity contribution in [2.24, 2.45) is 0 Å². The van der Waals surface area contributed by atoms with E-state index in [1.54, 1.807) is 18.3 Å². The van der Waals surface area contributed by atoms with Crippen molar-refractivity contribution in [3.63, 3.8) is 0 Å². The number of halogens is 1. The van der Waals surface area contributed by atoms with Crippen LogP contribution in [0.4, 0.5) is 5.82 Å². The Bertz CT molecular complexity index is 605. The molecule has 1 aromatic carbocycles. The Morgan fingerprint density at radius 1 is 1.40 bits per heavy atom. The Balaban J connectivity index is 2.35. The summed E-state index contributed by atoms with van der Waals surface area (Å²) >= 11 is 2.20. The van der Waals surface area contributed by atoms with Gasteiger partial charge in [-0.05, 0) is 47.2 Å². The van der Waals surface area contributed by atoms with Crippen LogP contribution in [0.25, 0.3) is 11.4 Å². The molecule has 0 bridgehead atoms. The summed E-state index contributed by atoms with van der Waals surface area (Å²) < 4.78 is 6.00. The number of methoxy groups -OCH3 is 1. The summed E-state index contributed by atoms with van der Waals surface area (Å²) in [6.45, 7) is 2.96. The third-order valence-electron chi connectivity index (χ3n) is 2.72. The summed E-state index contributed by atoms with van der Waals surface area (Å²) in [5, 5.41) is 13.1. The Kier molecular flexibility index (Phi) is 4.99. The van der Waals surface area contributed by atoms with Crippen LogP contribution in [0.15, 0.2) is 24.4 Å². The van der Waals surface area contributed by atoms with E-state index in [1.807, 2.05) is 6.07 Å². The van der Waals surface area contributed by atoms with Gasteiger partial charge >= 0.3 is 0 Å². The number of ether oxygens (including phenoxy) is 1. The van der Waals surface area contributed by atoms with Gasteiger partial charge in [0.2, 0.25) is 0 Å². The number of anilines is 1. The monoisotopic (exact) mass is 385 g/mol. The van der Waals surface area contributed by atoms with Crippen LogP contribution in [0.2, 0.25) is 0 Å². The molecule has 1 heterocycles. The van der Waals surface area contributed by atoms with E-state index in [0.29, 0.717) is 11.6 Å². The van der Waals surface area contributed by atoms with E-state index < -0.39 is 0 Å². The second kappa shape index (κ2) is 6.74. The first-order valence-corrected chi connectivity index (χ1v) is 7.37. The van der Waals surface area contributed by atoms with Crippen molar-refractivity contribution in [2.45, 2.75) is 13.3 Å². The van der Waals surface area contributed by atoms with Crippen LogP contribution >= 0.6 is 22.6 Å². The molecule has 0 spiro atoms. The number of rotatable bonds is 5. The van der Waals surface area contributed by atoms with Gasteiger partial charge in [-0.2, -0.15) is 0 Å². The van der Waals surface area contributed by atoms with Gasteiger partial charge in [0.1, 0.15) is 5.82 Å². The van der Waals surface area contributed by atoms with Crippen molar-refractivity contribution in [2.75, 3.05) is 19.0 Å². The maximum Gasteiger partial charge on any atom is 0.161 e. The van der Waals surface area contributed by atoms with Crippen LogP contribution in [0, 0.1) is 3.57 Å². The van der Waals surface area contributed by atoms with E-state index in [-0.39, 0.29) is 5.75 Å². The van der Waals surface area contributed by atoms with E-state index in [0.717, 1.165) is 27.9 Å². The van der Waals surface area contributed by atoms with Crippen molar-refractivity contribution in [3.05, 3.63) is 28.0 Å². The zero-order chi connectivity index (χ0) is 14.5. The molecule has 0 aliphatic carbocycles. The lowest BCUT2D eigenvalue weighted by atomic mass is 10.2. The summed E-state index contributed by atoms with van der Waals surface area (Å²) in [4.78, 5) is 8.80. The highest BCUT2D eigenvalue weighted by Crippen LogP contribution is 2.30. The minimum absolute atomic E-state index is 0.0789. The van der Waals surface area contributed by atoms with Crippen LogP contribution in [0.3, 0.4) is 0 Å². The molecule has 106 valence electrons. The zero-order valence-corrected chi connectivity index (χ0v) is 13.5. The van der Waals surface area contributed by atoms with Crippen LogP contribution in [-0.4, -0.2) is 28.7 Å². The molecule has 6 heteroatoms. The number of nitrogens with one attached hydrogen (secondary N) is 1. The number of phenols is 1. The summed E-state index contributed by atoms with van der Waals surface area (Å²) in [5.74, 6) is 1.90. The van der Waals surface area contributed by atoms with Gasteiger partial charge in [0.25, 0.3) is 0 Å². The molecule has 0 aliphatic heterocycles. The maximum atomic E-state index is 9.82. The Hall–Kier alpha value is -1.57. The number of phenolic OH excluding ortho intramolecular Hbond substituents is 1. The van der Waals surface area contributed by atoms with Crippen molar-refractivity contribution in [1.82, 2.24) is 9.97 Å². The van der Waals surface area contributed by atoms with Gasteiger partial charge in [-0.25, -0.2) is 9.97 Å². The van der Waals surface area contributed by atoms with Gasteiger partial charge in [0, 0.05) is 18.3 Å². The molecule has 0 amide bonds. The zero-order valence-electron chi connectivity index (χ0n) is 11.4. The average Bonchev–Trinajstić information content (AvgIpc) is 2.46. The van der Waals surface area contributed by atoms with Gasteiger partial charge in [-0.3, -0.25) is 0 Å². The quantitative estimate of drug-likeness (QED) is 0.774. The molecular formula is C14H16IN3O2. The largest absolute Gasteiger partial charge is 0.504 e. The molecule has 5 nitrogen and oxygen atoms in total. The van der Waals surface area contributed by atoms with Crippen LogP contribution in [0.5, 0.6) is 11.5 Å². The van der Waals surface area contributed by atoms with Crippen LogP contribution < -0.4 is 10.1 Å². The average molecular weight is 385 g/mol. The topological polar surface area (TPSA) is 67.3 Å². The molecule has 0 atom stereocenters. The van der Waals surface area contributed by atoms with Gasteiger partial charge in [-0.15, -0.1) is 0 Å². The molecular weight excluding hydrogens is 369 g/mol. The fourth-order valence-electron chi connectivity index (χ4n) is 1.70. The molecule has 0 saturated carbocycles. The third-order valence-corrected chi connectivity index (χ3v) is 3.51. The van der Waals surface area contributed by atoms with Gasteiger partial charge in [0.15, 0.2) is 17.3 Å². The number of hydrogen-bond acceptors (Lipinski definition) is 5. The second-order valence-electron chi connectivity index (χ2n) is 4.20. The van der Waals surface area contributed by atoms with E-state index >= 15 is 0 Å². The number of nitrogens with zero attached hydrogens (tertiary/aromatic N) is 2. The summed E-state index contributed by atoms with van der Waals surface area (Å²) in [6, 6.07) is 5.13. The van der Waals surface area contributed by atoms with Gasteiger partial charge < -0.3 is 15.2 Å². The molecule has 0 saturated heterocycles. The predicted octanol–water partition coefficient (Wildman–Crippen LogP) is 3.28. The van der Waals surface area contributed by atoms with E-state index in [9.17, 15) is 5.11 Å². The first-order valence-electron chi connectivity index (χ1n) is 6.29. The lowest BCUT2D eigenvalue weighted by Gasteiger charge is -2.09. The highest BCUT2D eigenvalue weighted by Gasteiger charge is 2.09. The van der Waals surface area contributed by atoms with Crippen molar-refractivity contribution < 1.29 is 9.84 Å². The van der Waals surface area contributed by atoms with Crippen LogP contribution in [0.1, 0.15) is 13.3 Å². The minimum atomic E-state index is 0.0789. The molecule has 0 aliphatic rings. The Labute approximate surface area is 131 Å². The highest BCUT2D eigenvalue weighted by molar-refractivity contribution is 14.1.